The molecule has 0 spiro atoms. The quantitative estimate of drug-likeness (QED) is 0.481. The summed E-state index contributed by atoms with van der Waals surface area (Å²) in [5.41, 5.74) is 4.46. The van der Waals surface area contributed by atoms with Crippen LogP contribution in [0.1, 0.15) is 30.2 Å². The number of sulfonamides is 1. The molecular weight excluding hydrogens is 424 g/mol. The number of hydrogen-bond donors (Lipinski definition) is 1. The Hall–Kier alpha value is -3.20. The first kappa shape index (κ1) is 20.7. The van der Waals surface area contributed by atoms with Crippen molar-refractivity contribution < 1.29 is 13.2 Å². The van der Waals surface area contributed by atoms with Gasteiger partial charge in [0.1, 0.15) is 17.9 Å². The number of pyridine rings is 1. The monoisotopic (exact) mass is 446 g/mol. The number of nitrogens with one attached hydrogen (secondary N) is 1. The fourth-order valence-corrected chi connectivity index (χ4v) is 4.89. The SMILES string of the molecule is O=S(=O)(NCc1ccccc1)c1cccc(-c2ccc3ncnc(C4CCCO4)c3n2)c1. The molecule has 0 aliphatic carbocycles. The Balaban J connectivity index is 1.46. The van der Waals surface area contributed by atoms with E-state index in [1.165, 1.54) is 6.33 Å². The van der Waals surface area contributed by atoms with Gasteiger partial charge in [0.2, 0.25) is 10.0 Å². The number of benzene rings is 2. The molecule has 0 amide bonds. The summed E-state index contributed by atoms with van der Waals surface area (Å²) in [4.78, 5) is 13.7. The van der Waals surface area contributed by atoms with Gasteiger partial charge in [-0.3, -0.25) is 0 Å². The molecule has 0 radical (unpaired) electrons. The van der Waals surface area contributed by atoms with E-state index in [1.54, 1.807) is 18.2 Å². The Morgan fingerprint density at radius 2 is 1.88 bits per heavy atom. The smallest absolute Gasteiger partial charge is 0.240 e. The third kappa shape index (κ3) is 4.25. The topological polar surface area (TPSA) is 94.1 Å². The van der Waals surface area contributed by atoms with Crippen LogP contribution in [0, 0.1) is 0 Å². The minimum absolute atomic E-state index is 0.0860. The minimum Gasteiger partial charge on any atom is -0.372 e. The van der Waals surface area contributed by atoms with Crippen molar-refractivity contribution in [1.82, 2.24) is 19.7 Å². The highest BCUT2D eigenvalue weighted by Gasteiger charge is 2.23. The maximum absolute atomic E-state index is 12.9. The Bertz CT molecular complexity index is 1350. The van der Waals surface area contributed by atoms with E-state index in [9.17, 15) is 8.42 Å². The van der Waals surface area contributed by atoms with E-state index in [0.29, 0.717) is 23.4 Å². The van der Waals surface area contributed by atoms with Crippen molar-refractivity contribution in [3.63, 3.8) is 0 Å². The summed E-state index contributed by atoms with van der Waals surface area (Å²) in [5, 5.41) is 0. The summed E-state index contributed by atoms with van der Waals surface area (Å²) >= 11 is 0. The van der Waals surface area contributed by atoms with E-state index in [0.717, 1.165) is 29.6 Å². The largest absolute Gasteiger partial charge is 0.372 e. The van der Waals surface area contributed by atoms with Gasteiger partial charge in [0.15, 0.2) is 0 Å². The molecule has 0 saturated carbocycles. The first-order chi connectivity index (χ1) is 15.6. The van der Waals surface area contributed by atoms with Gasteiger partial charge in [-0.25, -0.2) is 28.1 Å². The van der Waals surface area contributed by atoms with Gasteiger partial charge in [-0.15, -0.1) is 0 Å². The lowest BCUT2D eigenvalue weighted by atomic mass is 10.1. The van der Waals surface area contributed by atoms with Crippen LogP contribution in [0.15, 0.2) is 78.0 Å². The Kier molecular flexibility index (Phi) is 5.65. The number of rotatable bonds is 6. The molecule has 0 bridgehead atoms. The number of fused-ring (bicyclic) bond motifs is 1. The maximum atomic E-state index is 12.9. The summed E-state index contributed by atoms with van der Waals surface area (Å²) in [6.45, 7) is 0.940. The zero-order chi connectivity index (χ0) is 22.0. The molecular formula is C24H22N4O3S. The second kappa shape index (κ2) is 8.74. The number of nitrogens with zero attached hydrogens (tertiary/aromatic N) is 3. The molecule has 5 rings (SSSR count). The predicted octanol–water partition coefficient (Wildman–Crippen LogP) is 4.02. The highest BCUT2D eigenvalue weighted by atomic mass is 32.2. The highest BCUT2D eigenvalue weighted by Crippen LogP contribution is 2.31. The molecule has 4 aromatic rings. The van der Waals surface area contributed by atoms with Crippen molar-refractivity contribution >= 4 is 21.1 Å². The van der Waals surface area contributed by atoms with Crippen molar-refractivity contribution in [2.24, 2.45) is 0 Å². The minimum atomic E-state index is -3.68. The molecule has 32 heavy (non-hydrogen) atoms. The van der Waals surface area contributed by atoms with Gasteiger partial charge in [-0.1, -0.05) is 42.5 Å². The van der Waals surface area contributed by atoms with Crippen molar-refractivity contribution in [3.05, 3.63) is 84.3 Å². The van der Waals surface area contributed by atoms with Crippen LogP contribution >= 0.6 is 0 Å². The van der Waals surface area contributed by atoms with Crippen LogP contribution in [-0.4, -0.2) is 30.0 Å². The lowest BCUT2D eigenvalue weighted by molar-refractivity contribution is 0.109. The molecule has 2 aromatic heterocycles. The summed E-state index contributed by atoms with van der Waals surface area (Å²) < 4.78 is 34.2. The van der Waals surface area contributed by atoms with Crippen molar-refractivity contribution in [1.29, 1.82) is 0 Å². The summed E-state index contributed by atoms with van der Waals surface area (Å²) in [6.07, 6.45) is 3.34. The number of aromatic nitrogens is 3. The fourth-order valence-electron chi connectivity index (χ4n) is 3.83. The van der Waals surface area contributed by atoms with Crippen LogP contribution in [0.25, 0.3) is 22.3 Å². The first-order valence-corrected chi connectivity index (χ1v) is 12.0. The first-order valence-electron chi connectivity index (χ1n) is 10.5. The van der Waals surface area contributed by atoms with Crippen LogP contribution in [0.4, 0.5) is 0 Å². The number of ether oxygens (including phenoxy) is 1. The Morgan fingerprint density at radius 3 is 2.69 bits per heavy atom. The molecule has 1 unspecified atom stereocenters. The van der Waals surface area contributed by atoms with E-state index in [-0.39, 0.29) is 17.5 Å². The Morgan fingerprint density at radius 1 is 1.00 bits per heavy atom. The van der Waals surface area contributed by atoms with Gasteiger partial charge in [0.05, 0.1) is 21.8 Å². The van der Waals surface area contributed by atoms with Gasteiger partial charge in [0.25, 0.3) is 0 Å². The van der Waals surface area contributed by atoms with E-state index < -0.39 is 10.0 Å². The van der Waals surface area contributed by atoms with E-state index in [4.69, 9.17) is 9.72 Å². The van der Waals surface area contributed by atoms with Crippen LogP contribution in [0.2, 0.25) is 0 Å². The molecule has 1 N–H and O–H groups in total. The Labute approximate surface area is 186 Å². The van der Waals surface area contributed by atoms with Gasteiger partial charge < -0.3 is 4.74 Å². The molecule has 7 nitrogen and oxygen atoms in total. The normalized spacial score (nSPS) is 16.4. The molecule has 1 fully saturated rings. The van der Waals surface area contributed by atoms with Crippen molar-refractivity contribution in [3.8, 4) is 11.3 Å². The molecule has 162 valence electrons. The predicted molar refractivity (Wildman–Crippen MR) is 121 cm³/mol. The van der Waals surface area contributed by atoms with Gasteiger partial charge >= 0.3 is 0 Å². The van der Waals surface area contributed by atoms with E-state index in [1.807, 2.05) is 48.5 Å². The van der Waals surface area contributed by atoms with Crippen LogP contribution < -0.4 is 4.72 Å². The second-order valence-corrected chi connectivity index (χ2v) is 9.43. The molecule has 1 saturated heterocycles. The molecule has 1 atom stereocenters. The second-order valence-electron chi connectivity index (χ2n) is 7.66. The third-order valence-electron chi connectivity index (χ3n) is 5.49. The molecule has 1 aliphatic heterocycles. The van der Waals surface area contributed by atoms with Crippen LogP contribution in [-0.2, 0) is 21.3 Å². The lowest BCUT2D eigenvalue weighted by Crippen LogP contribution is -2.23. The third-order valence-corrected chi connectivity index (χ3v) is 6.89. The number of hydrogen-bond acceptors (Lipinski definition) is 6. The fraction of sp³-hybridized carbons (Fsp3) is 0.208. The van der Waals surface area contributed by atoms with Crippen molar-refractivity contribution in [2.75, 3.05) is 6.61 Å². The highest BCUT2D eigenvalue weighted by molar-refractivity contribution is 7.89. The average molecular weight is 447 g/mol. The van der Waals surface area contributed by atoms with Gasteiger partial charge in [0, 0.05) is 18.7 Å². The lowest BCUT2D eigenvalue weighted by Gasteiger charge is -2.12. The maximum Gasteiger partial charge on any atom is 0.240 e. The standard InChI is InChI=1S/C24H22N4O3S/c29-32(30,27-15-17-6-2-1-3-7-17)19-9-4-8-18(14-19)20-11-12-21-23(28-20)24(26-16-25-21)22-10-5-13-31-22/h1-4,6-9,11-12,14,16,22,27H,5,10,13,15H2. The van der Waals surface area contributed by atoms with Crippen molar-refractivity contribution in [2.45, 2.75) is 30.4 Å². The summed E-state index contributed by atoms with van der Waals surface area (Å²) in [6, 6.07) is 19.9. The zero-order valence-corrected chi connectivity index (χ0v) is 18.1. The summed E-state index contributed by atoms with van der Waals surface area (Å²) in [5.74, 6) is 0. The van der Waals surface area contributed by atoms with Crippen LogP contribution in [0.3, 0.4) is 0 Å². The molecule has 8 heteroatoms. The molecule has 2 aromatic carbocycles. The average Bonchev–Trinajstić information content (AvgIpc) is 3.38. The molecule has 1 aliphatic rings. The molecule has 3 heterocycles. The van der Waals surface area contributed by atoms with Gasteiger partial charge in [-0.05, 0) is 42.7 Å². The van der Waals surface area contributed by atoms with E-state index in [2.05, 4.69) is 14.7 Å². The summed E-state index contributed by atoms with van der Waals surface area (Å²) in [7, 11) is -3.68. The van der Waals surface area contributed by atoms with E-state index >= 15 is 0 Å². The van der Waals surface area contributed by atoms with Gasteiger partial charge in [-0.2, -0.15) is 0 Å². The zero-order valence-electron chi connectivity index (χ0n) is 17.3. The van der Waals surface area contributed by atoms with Crippen LogP contribution in [0.5, 0.6) is 0 Å².